The summed E-state index contributed by atoms with van der Waals surface area (Å²) in [7, 11) is 0. The summed E-state index contributed by atoms with van der Waals surface area (Å²) in [6.07, 6.45) is 0. The van der Waals surface area contributed by atoms with Crippen molar-refractivity contribution in [2.45, 2.75) is 6.54 Å². The summed E-state index contributed by atoms with van der Waals surface area (Å²) < 4.78 is 2.66. The lowest BCUT2D eigenvalue weighted by molar-refractivity contribution is -0.384. The number of halogens is 4. The van der Waals surface area contributed by atoms with Crippen LogP contribution in [0.1, 0.15) is 5.56 Å². The zero-order chi connectivity index (χ0) is 15.6. The van der Waals surface area contributed by atoms with E-state index in [4.69, 9.17) is 11.6 Å². The van der Waals surface area contributed by atoms with Gasteiger partial charge in [0.1, 0.15) is 0 Å². The Morgan fingerprint density at radius 3 is 2.33 bits per heavy atom. The van der Waals surface area contributed by atoms with Gasteiger partial charge in [-0.05, 0) is 55.6 Å². The molecule has 0 saturated carbocycles. The number of benzene rings is 2. The predicted octanol–water partition coefficient (Wildman–Crippen LogP) is 6.15. The molecule has 0 bridgehead atoms. The lowest BCUT2D eigenvalue weighted by Crippen LogP contribution is -2.02. The van der Waals surface area contributed by atoms with Gasteiger partial charge in [-0.1, -0.05) is 27.5 Å². The second-order valence-electron chi connectivity index (χ2n) is 4.13. The minimum absolute atomic E-state index is 0.0186. The number of nitro groups is 1. The molecule has 4 nitrogen and oxygen atoms in total. The maximum absolute atomic E-state index is 10.8. The first-order valence-electron chi connectivity index (χ1n) is 5.69. The van der Waals surface area contributed by atoms with E-state index in [9.17, 15) is 10.1 Å². The molecule has 0 amide bonds. The second kappa shape index (κ2) is 7.09. The fraction of sp³-hybridized carbons (Fsp3) is 0.0769. The summed E-state index contributed by atoms with van der Waals surface area (Å²) in [5.41, 5.74) is 1.53. The number of nitrogens with zero attached hydrogens (tertiary/aromatic N) is 1. The molecular formula is C13H8Br3ClN2O2. The van der Waals surface area contributed by atoms with E-state index < -0.39 is 4.92 Å². The molecule has 0 spiro atoms. The van der Waals surface area contributed by atoms with E-state index in [1.165, 1.54) is 18.2 Å². The van der Waals surface area contributed by atoms with Crippen molar-refractivity contribution in [3.63, 3.8) is 0 Å². The topological polar surface area (TPSA) is 55.2 Å². The molecule has 2 rings (SSSR count). The van der Waals surface area contributed by atoms with Gasteiger partial charge in [-0.3, -0.25) is 10.1 Å². The summed E-state index contributed by atoms with van der Waals surface area (Å²) >= 11 is 16.4. The smallest absolute Gasteiger partial charge is 0.269 e. The summed E-state index contributed by atoms with van der Waals surface area (Å²) in [4.78, 5) is 10.4. The highest BCUT2D eigenvalue weighted by Crippen LogP contribution is 2.35. The Morgan fingerprint density at radius 2 is 1.76 bits per heavy atom. The van der Waals surface area contributed by atoms with Crippen LogP contribution in [0.5, 0.6) is 0 Å². The lowest BCUT2D eigenvalue weighted by Gasteiger charge is -2.12. The molecule has 0 aliphatic carbocycles. The third-order valence-corrected chi connectivity index (χ3v) is 4.78. The Balaban J connectivity index is 2.24. The summed E-state index contributed by atoms with van der Waals surface area (Å²) in [6.45, 7) is 0.374. The van der Waals surface area contributed by atoms with Crippen molar-refractivity contribution in [2.24, 2.45) is 0 Å². The first kappa shape index (κ1) is 16.7. The minimum Gasteiger partial charge on any atom is -0.379 e. The van der Waals surface area contributed by atoms with Crippen LogP contribution in [-0.4, -0.2) is 4.92 Å². The normalized spacial score (nSPS) is 10.5. The number of nitrogens with one attached hydrogen (secondary N) is 1. The van der Waals surface area contributed by atoms with Crippen LogP contribution in [0.2, 0.25) is 5.02 Å². The van der Waals surface area contributed by atoms with Gasteiger partial charge < -0.3 is 5.32 Å². The maximum atomic E-state index is 10.8. The minimum atomic E-state index is -0.439. The second-order valence-corrected chi connectivity index (χ2v) is 7.16. The van der Waals surface area contributed by atoms with Crippen LogP contribution in [0.25, 0.3) is 0 Å². The molecule has 1 N–H and O–H groups in total. The Bertz CT molecular complexity index is 687. The van der Waals surface area contributed by atoms with Crippen LogP contribution in [-0.2, 0) is 6.54 Å². The van der Waals surface area contributed by atoms with Crippen molar-refractivity contribution in [2.75, 3.05) is 5.32 Å². The zero-order valence-corrected chi connectivity index (χ0v) is 15.9. The first-order valence-corrected chi connectivity index (χ1v) is 8.45. The molecule has 0 aliphatic rings. The molecule has 0 saturated heterocycles. The highest BCUT2D eigenvalue weighted by molar-refractivity contribution is 9.11. The van der Waals surface area contributed by atoms with Gasteiger partial charge in [-0.15, -0.1) is 0 Å². The lowest BCUT2D eigenvalue weighted by atomic mass is 10.2. The van der Waals surface area contributed by atoms with Gasteiger partial charge in [0.05, 0.1) is 10.6 Å². The molecule has 0 fully saturated rings. The van der Waals surface area contributed by atoms with E-state index >= 15 is 0 Å². The Labute approximate surface area is 151 Å². The zero-order valence-electron chi connectivity index (χ0n) is 10.4. The Kier molecular flexibility index (Phi) is 5.65. The number of nitro benzene ring substituents is 1. The largest absolute Gasteiger partial charge is 0.379 e. The average Bonchev–Trinajstić information content (AvgIpc) is 2.39. The molecule has 2 aromatic carbocycles. The van der Waals surface area contributed by atoms with Gasteiger partial charge in [-0.2, -0.15) is 0 Å². The van der Waals surface area contributed by atoms with Crippen molar-refractivity contribution in [3.05, 3.63) is 64.5 Å². The fourth-order valence-corrected chi connectivity index (χ4v) is 4.43. The molecule has 0 aliphatic heterocycles. The van der Waals surface area contributed by atoms with Crippen molar-refractivity contribution < 1.29 is 4.92 Å². The van der Waals surface area contributed by atoms with Crippen LogP contribution in [0.15, 0.2) is 43.7 Å². The van der Waals surface area contributed by atoms with Gasteiger partial charge in [-0.25, -0.2) is 0 Å². The average molecular weight is 499 g/mol. The van der Waals surface area contributed by atoms with Crippen LogP contribution in [0.3, 0.4) is 0 Å². The number of non-ortho nitro benzene ring substituents is 1. The Morgan fingerprint density at radius 1 is 1.14 bits per heavy atom. The number of hydrogen-bond acceptors (Lipinski definition) is 3. The molecular weight excluding hydrogens is 491 g/mol. The van der Waals surface area contributed by atoms with Gasteiger partial charge in [0, 0.05) is 37.1 Å². The van der Waals surface area contributed by atoms with E-state index in [1.54, 1.807) is 0 Å². The molecule has 2 aromatic rings. The van der Waals surface area contributed by atoms with Gasteiger partial charge >= 0.3 is 0 Å². The third-order valence-electron chi connectivity index (χ3n) is 2.70. The van der Waals surface area contributed by atoms with Gasteiger partial charge in [0.15, 0.2) is 0 Å². The molecule has 0 unspecified atom stereocenters. The van der Waals surface area contributed by atoms with E-state index in [0.717, 1.165) is 19.1 Å². The van der Waals surface area contributed by atoms with Crippen LogP contribution >= 0.6 is 59.4 Å². The maximum Gasteiger partial charge on any atom is 0.269 e. The molecule has 0 heterocycles. The Hall–Kier alpha value is -0.630. The standard InChI is InChI=1S/C13H8Br3ClN2O2/c14-8-4-10(15)13(11(16)5-8)18-6-7-3-9(19(20)21)1-2-12(7)17/h1-5,18H,6H2. The van der Waals surface area contributed by atoms with Crippen LogP contribution in [0, 0.1) is 10.1 Å². The highest BCUT2D eigenvalue weighted by Gasteiger charge is 2.11. The van der Waals surface area contributed by atoms with E-state index in [2.05, 4.69) is 53.1 Å². The van der Waals surface area contributed by atoms with Gasteiger partial charge in [0.2, 0.25) is 0 Å². The summed E-state index contributed by atoms with van der Waals surface area (Å²) in [5, 5.41) is 14.5. The van der Waals surface area contributed by atoms with Crippen molar-refractivity contribution >= 4 is 70.8 Å². The number of anilines is 1. The van der Waals surface area contributed by atoms with Crippen molar-refractivity contribution in [1.82, 2.24) is 0 Å². The van der Waals surface area contributed by atoms with E-state index in [1.807, 2.05) is 12.1 Å². The highest BCUT2D eigenvalue weighted by atomic mass is 79.9. The summed E-state index contributed by atoms with van der Waals surface area (Å²) in [5.74, 6) is 0. The van der Waals surface area contributed by atoms with Gasteiger partial charge in [0.25, 0.3) is 5.69 Å². The fourth-order valence-electron chi connectivity index (χ4n) is 1.70. The quantitative estimate of drug-likeness (QED) is 0.406. The monoisotopic (exact) mass is 496 g/mol. The molecule has 0 aromatic heterocycles. The van der Waals surface area contributed by atoms with Crippen molar-refractivity contribution in [3.8, 4) is 0 Å². The SMILES string of the molecule is O=[N+]([O-])c1ccc(Cl)c(CNc2c(Br)cc(Br)cc2Br)c1. The van der Waals surface area contributed by atoms with E-state index in [0.29, 0.717) is 17.1 Å². The number of hydrogen-bond donors (Lipinski definition) is 1. The molecule has 110 valence electrons. The molecule has 0 radical (unpaired) electrons. The van der Waals surface area contributed by atoms with Crippen LogP contribution < -0.4 is 5.32 Å². The van der Waals surface area contributed by atoms with Crippen LogP contribution in [0.4, 0.5) is 11.4 Å². The van der Waals surface area contributed by atoms with Crippen molar-refractivity contribution in [1.29, 1.82) is 0 Å². The molecule has 8 heteroatoms. The van der Waals surface area contributed by atoms with E-state index in [-0.39, 0.29) is 5.69 Å². The predicted molar refractivity (Wildman–Crippen MR) is 95.0 cm³/mol. The third kappa shape index (κ3) is 4.18. The summed E-state index contributed by atoms with van der Waals surface area (Å²) in [6, 6.07) is 8.19. The first-order chi connectivity index (χ1) is 9.88. The molecule has 0 atom stereocenters. The molecule has 21 heavy (non-hydrogen) atoms. The number of rotatable bonds is 4.